The molecule has 0 aliphatic rings. The zero-order chi connectivity index (χ0) is 21.4. The number of aliphatic imine (C=N–C) groups is 1. The number of nitrogens with zero attached hydrogens (tertiary/aromatic N) is 1. The summed E-state index contributed by atoms with van der Waals surface area (Å²) in [6, 6.07) is 12.6. The molecular formula is C21H29ClIN3O3S. The Bertz CT molecular complexity index is 968. The summed E-state index contributed by atoms with van der Waals surface area (Å²) in [6.07, 6.45) is 1.10. The Labute approximate surface area is 201 Å². The van der Waals surface area contributed by atoms with Crippen LogP contribution >= 0.6 is 35.6 Å². The van der Waals surface area contributed by atoms with Gasteiger partial charge in [-0.25, -0.2) is 13.4 Å². The zero-order valence-electron chi connectivity index (χ0n) is 17.6. The number of guanidine groups is 1. The smallest absolute Gasteiger partial charge is 0.191 e. The van der Waals surface area contributed by atoms with Crippen LogP contribution in [0.2, 0.25) is 5.02 Å². The predicted molar refractivity (Wildman–Crippen MR) is 134 cm³/mol. The van der Waals surface area contributed by atoms with Crippen LogP contribution in [0.5, 0.6) is 5.75 Å². The standard InChI is InChI=1S/C21H28ClN3O3S.HI/c1-5-23-21(24-13-16(3)28-19-9-7-6-8-18(19)22)25-14-17-10-11-20(15(2)12-17)29(4,26)27;/h6-12,16H,5,13-14H2,1-4H3,(H2,23,24,25);1H. The molecule has 0 bridgehead atoms. The van der Waals surface area contributed by atoms with Crippen molar-refractivity contribution in [2.45, 2.75) is 38.3 Å². The number of halogens is 2. The number of rotatable bonds is 8. The predicted octanol–water partition coefficient (Wildman–Crippen LogP) is 4.19. The van der Waals surface area contributed by atoms with Crippen molar-refractivity contribution in [3.05, 3.63) is 58.6 Å². The molecule has 9 heteroatoms. The van der Waals surface area contributed by atoms with E-state index in [2.05, 4.69) is 15.6 Å². The first-order valence-corrected chi connectivity index (χ1v) is 11.7. The normalized spacial score (nSPS) is 12.6. The average molecular weight is 566 g/mol. The summed E-state index contributed by atoms with van der Waals surface area (Å²) in [5.41, 5.74) is 1.66. The number of hydrogen-bond donors (Lipinski definition) is 2. The molecule has 166 valence electrons. The van der Waals surface area contributed by atoms with Crippen molar-refractivity contribution in [2.75, 3.05) is 19.3 Å². The molecule has 0 fully saturated rings. The van der Waals surface area contributed by atoms with Gasteiger partial charge in [0, 0.05) is 12.8 Å². The summed E-state index contributed by atoms with van der Waals surface area (Å²) >= 11 is 6.13. The van der Waals surface area contributed by atoms with Gasteiger partial charge in [0.05, 0.1) is 23.0 Å². The highest BCUT2D eigenvalue weighted by atomic mass is 127. The molecule has 1 atom stereocenters. The molecule has 2 N–H and O–H groups in total. The Morgan fingerprint density at radius 3 is 2.50 bits per heavy atom. The molecule has 2 aromatic carbocycles. The van der Waals surface area contributed by atoms with E-state index in [0.29, 0.717) is 34.7 Å². The topological polar surface area (TPSA) is 79.8 Å². The second-order valence-electron chi connectivity index (χ2n) is 6.81. The molecular weight excluding hydrogens is 537 g/mol. The molecule has 0 aliphatic carbocycles. The summed E-state index contributed by atoms with van der Waals surface area (Å²) in [4.78, 5) is 4.92. The molecule has 1 unspecified atom stereocenters. The monoisotopic (exact) mass is 565 g/mol. The number of hydrogen-bond acceptors (Lipinski definition) is 4. The van der Waals surface area contributed by atoms with Gasteiger partial charge in [0.15, 0.2) is 15.8 Å². The van der Waals surface area contributed by atoms with E-state index in [0.717, 1.165) is 17.7 Å². The quantitative estimate of drug-likeness (QED) is 0.285. The first kappa shape index (κ1) is 26.5. The maximum atomic E-state index is 11.7. The van der Waals surface area contributed by atoms with Gasteiger partial charge in [-0.05, 0) is 50.1 Å². The van der Waals surface area contributed by atoms with E-state index in [1.54, 1.807) is 25.1 Å². The molecule has 0 aromatic heterocycles. The van der Waals surface area contributed by atoms with Gasteiger partial charge in [-0.15, -0.1) is 24.0 Å². The summed E-state index contributed by atoms with van der Waals surface area (Å²) < 4.78 is 29.4. The second-order valence-corrected chi connectivity index (χ2v) is 9.20. The summed E-state index contributed by atoms with van der Waals surface area (Å²) in [5, 5.41) is 7.03. The molecule has 2 rings (SSSR count). The molecule has 6 nitrogen and oxygen atoms in total. The summed E-state index contributed by atoms with van der Waals surface area (Å²) in [5.74, 6) is 1.30. The Morgan fingerprint density at radius 2 is 1.90 bits per heavy atom. The van der Waals surface area contributed by atoms with Crippen molar-refractivity contribution in [1.29, 1.82) is 0 Å². The molecule has 0 saturated carbocycles. The van der Waals surface area contributed by atoms with Gasteiger partial charge in [-0.3, -0.25) is 0 Å². The molecule has 0 heterocycles. The number of para-hydroxylation sites is 1. The van der Waals surface area contributed by atoms with Crippen LogP contribution in [0.1, 0.15) is 25.0 Å². The third-order valence-corrected chi connectivity index (χ3v) is 5.69. The SMILES string of the molecule is CCNC(=NCc1ccc(S(C)(=O)=O)c(C)c1)NCC(C)Oc1ccccc1Cl.I. The number of aryl methyl sites for hydroxylation is 1. The van der Waals surface area contributed by atoms with Crippen LogP contribution in [-0.4, -0.2) is 39.8 Å². The second kappa shape index (κ2) is 12.4. The lowest BCUT2D eigenvalue weighted by Gasteiger charge is -2.18. The minimum absolute atomic E-state index is 0. The first-order valence-electron chi connectivity index (χ1n) is 9.43. The highest BCUT2D eigenvalue weighted by molar-refractivity contribution is 14.0. The maximum Gasteiger partial charge on any atom is 0.191 e. The third kappa shape index (κ3) is 8.31. The van der Waals surface area contributed by atoms with Gasteiger partial charge >= 0.3 is 0 Å². The van der Waals surface area contributed by atoms with Crippen LogP contribution in [0.15, 0.2) is 52.4 Å². The lowest BCUT2D eigenvalue weighted by Crippen LogP contribution is -2.41. The van der Waals surface area contributed by atoms with Crippen LogP contribution < -0.4 is 15.4 Å². The van der Waals surface area contributed by atoms with E-state index in [1.807, 2.05) is 38.1 Å². The van der Waals surface area contributed by atoms with E-state index in [4.69, 9.17) is 16.3 Å². The molecule has 0 radical (unpaired) electrons. The van der Waals surface area contributed by atoms with Crippen LogP contribution in [-0.2, 0) is 16.4 Å². The van der Waals surface area contributed by atoms with Crippen molar-refractivity contribution >= 4 is 51.4 Å². The first-order chi connectivity index (χ1) is 13.7. The van der Waals surface area contributed by atoms with Gasteiger partial charge < -0.3 is 15.4 Å². The molecule has 30 heavy (non-hydrogen) atoms. The Kier molecular flexibility index (Phi) is 10.9. The zero-order valence-corrected chi connectivity index (χ0v) is 21.5. The summed E-state index contributed by atoms with van der Waals surface area (Å²) in [7, 11) is -3.22. The molecule has 0 amide bonds. The third-order valence-electron chi connectivity index (χ3n) is 4.12. The Balaban J connectivity index is 0.00000450. The average Bonchev–Trinajstić information content (AvgIpc) is 2.65. The van der Waals surface area contributed by atoms with Crippen molar-refractivity contribution in [3.8, 4) is 5.75 Å². The molecule has 0 saturated heterocycles. The lowest BCUT2D eigenvalue weighted by atomic mass is 10.1. The van der Waals surface area contributed by atoms with Gasteiger partial charge in [0.25, 0.3) is 0 Å². The number of nitrogens with one attached hydrogen (secondary N) is 2. The fourth-order valence-corrected chi connectivity index (χ4v) is 3.92. The highest BCUT2D eigenvalue weighted by Gasteiger charge is 2.11. The fraction of sp³-hybridized carbons (Fsp3) is 0.381. The lowest BCUT2D eigenvalue weighted by molar-refractivity contribution is 0.224. The number of ether oxygens (including phenoxy) is 1. The Hall–Kier alpha value is -1.52. The molecule has 2 aromatic rings. The van der Waals surface area contributed by atoms with Gasteiger partial charge in [-0.1, -0.05) is 35.9 Å². The van der Waals surface area contributed by atoms with Crippen LogP contribution in [0.4, 0.5) is 0 Å². The Morgan fingerprint density at radius 1 is 1.20 bits per heavy atom. The van der Waals surface area contributed by atoms with Crippen LogP contribution in [0.3, 0.4) is 0 Å². The van der Waals surface area contributed by atoms with E-state index in [-0.39, 0.29) is 30.1 Å². The van der Waals surface area contributed by atoms with Crippen molar-refractivity contribution < 1.29 is 13.2 Å². The molecule has 0 spiro atoms. The highest BCUT2D eigenvalue weighted by Crippen LogP contribution is 2.24. The largest absolute Gasteiger partial charge is 0.487 e. The van der Waals surface area contributed by atoms with Gasteiger partial charge in [-0.2, -0.15) is 0 Å². The van der Waals surface area contributed by atoms with Crippen molar-refractivity contribution in [2.24, 2.45) is 4.99 Å². The molecule has 0 aliphatic heterocycles. The van der Waals surface area contributed by atoms with Crippen molar-refractivity contribution in [1.82, 2.24) is 10.6 Å². The minimum Gasteiger partial charge on any atom is -0.487 e. The maximum absolute atomic E-state index is 11.7. The number of benzene rings is 2. The fourth-order valence-electron chi connectivity index (χ4n) is 2.78. The van der Waals surface area contributed by atoms with Crippen LogP contribution in [0.25, 0.3) is 0 Å². The van der Waals surface area contributed by atoms with E-state index < -0.39 is 9.84 Å². The minimum atomic E-state index is -3.22. The number of sulfone groups is 1. The van der Waals surface area contributed by atoms with E-state index in [1.165, 1.54) is 6.26 Å². The van der Waals surface area contributed by atoms with Gasteiger partial charge in [0.2, 0.25) is 0 Å². The van der Waals surface area contributed by atoms with Crippen LogP contribution in [0, 0.1) is 6.92 Å². The van der Waals surface area contributed by atoms with E-state index in [9.17, 15) is 8.42 Å². The van der Waals surface area contributed by atoms with Crippen molar-refractivity contribution in [3.63, 3.8) is 0 Å². The van der Waals surface area contributed by atoms with Gasteiger partial charge in [0.1, 0.15) is 11.9 Å². The summed E-state index contributed by atoms with van der Waals surface area (Å²) in [6.45, 7) is 7.43. The van der Waals surface area contributed by atoms with E-state index >= 15 is 0 Å².